The summed E-state index contributed by atoms with van der Waals surface area (Å²) in [6.07, 6.45) is 2.98. The Hall–Kier alpha value is -3.28. The first-order valence-electron chi connectivity index (χ1n) is 10.6. The number of amides is 1. The lowest BCUT2D eigenvalue weighted by atomic mass is 9.82. The molecule has 0 aliphatic carbocycles. The number of aryl methyl sites for hydroxylation is 1. The van der Waals surface area contributed by atoms with Crippen molar-refractivity contribution in [2.45, 2.75) is 45.1 Å². The molecule has 1 aliphatic heterocycles. The molecule has 4 rings (SSSR count). The fourth-order valence-electron chi connectivity index (χ4n) is 4.06. The van der Waals surface area contributed by atoms with E-state index in [-0.39, 0.29) is 17.8 Å². The van der Waals surface area contributed by atoms with Crippen LogP contribution in [0.25, 0.3) is 0 Å². The van der Waals surface area contributed by atoms with Crippen molar-refractivity contribution >= 4 is 17.5 Å². The SMILES string of the molecule is Cc1ccc(C(C)(C)C(=O)N2CCC[C@H]2c2cccc(Nc3ccc(F)cn3)n2)cc1. The molecule has 31 heavy (non-hydrogen) atoms. The van der Waals surface area contributed by atoms with Gasteiger partial charge in [-0.2, -0.15) is 0 Å². The normalized spacial score (nSPS) is 16.4. The van der Waals surface area contributed by atoms with Crippen LogP contribution in [0.3, 0.4) is 0 Å². The summed E-state index contributed by atoms with van der Waals surface area (Å²) in [4.78, 5) is 24.3. The van der Waals surface area contributed by atoms with Crippen molar-refractivity contribution in [3.63, 3.8) is 0 Å². The van der Waals surface area contributed by atoms with E-state index in [2.05, 4.69) is 10.3 Å². The molecule has 1 amide bonds. The number of carbonyl (C=O) groups is 1. The van der Waals surface area contributed by atoms with Gasteiger partial charge in [0.05, 0.1) is 23.3 Å². The third-order valence-corrected chi connectivity index (χ3v) is 5.92. The van der Waals surface area contributed by atoms with Gasteiger partial charge in [-0.25, -0.2) is 14.4 Å². The molecule has 0 saturated carbocycles. The minimum absolute atomic E-state index is 0.0693. The Kier molecular flexibility index (Phi) is 5.72. The van der Waals surface area contributed by atoms with Gasteiger partial charge in [0, 0.05) is 6.54 Å². The van der Waals surface area contributed by atoms with Crippen LogP contribution in [0.4, 0.5) is 16.0 Å². The number of benzene rings is 1. The Bertz CT molecular complexity index is 1060. The minimum Gasteiger partial charge on any atom is -0.333 e. The predicted molar refractivity (Wildman–Crippen MR) is 120 cm³/mol. The first-order chi connectivity index (χ1) is 14.8. The maximum absolute atomic E-state index is 13.6. The quantitative estimate of drug-likeness (QED) is 0.610. The number of nitrogens with zero attached hydrogens (tertiary/aromatic N) is 3. The fourth-order valence-corrected chi connectivity index (χ4v) is 4.06. The van der Waals surface area contributed by atoms with Crippen LogP contribution in [-0.2, 0) is 10.2 Å². The number of nitrogens with one attached hydrogen (secondary N) is 1. The highest BCUT2D eigenvalue weighted by Crippen LogP contribution is 2.36. The van der Waals surface area contributed by atoms with Crippen molar-refractivity contribution in [3.05, 3.63) is 83.4 Å². The Morgan fingerprint density at radius 3 is 2.58 bits per heavy atom. The highest BCUT2D eigenvalue weighted by atomic mass is 19.1. The second kappa shape index (κ2) is 8.46. The van der Waals surface area contributed by atoms with Gasteiger partial charge in [0.2, 0.25) is 5.91 Å². The largest absolute Gasteiger partial charge is 0.333 e. The lowest BCUT2D eigenvalue weighted by Gasteiger charge is -2.33. The number of anilines is 2. The Morgan fingerprint density at radius 2 is 1.87 bits per heavy atom. The van der Waals surface area contributed by atoms with E-state index < -0.39 is 5.41 Å². The summed E-state index contributed by atoms with van der Waals surface area (Å²) in [6.45, 7) is 6.74. The monoisotopic (exact) mass is 418 g/mol. The van der Waals surface area contributed by atoms with Gasteiger partial charge in [-0.05, 0) is 63.4 Å². The van der Waals surface area contributed by atoms with E-state index in [1.165, 1.54) is 11.6 Å². The van der Waals surface area contributed by atoms with E-state index in [0.717, 1.165) is 36.8 Å². The van der Waals surface area contributed by atoms with Gasteiger partial charge in [0.1, 0.15) is 17.5 Å². The van der Waals surface area contributed by atoms with Crippen molar-refractivity contribution in [1.82, 2.24) is 14.9 Å². The molecule has 0 bridgehead atoms. The van der Waals surface area contributed by atoms with Crippen LogP contribution < -0.4 is 5.32 Å². The number of pyridine rings is 2. The van der Waals surface area contributed by atoms with E-state index in [0.29, 0.717) is 11.6 Å². The van der Waals surface area contributed by atoms with Gasteiger partial charge < -0.3 is 10.2 Å². The number of likely N-dealkylation sites (tertiary alicyclic amines) is 1. The molecule has 1 aliphatic rings. The maximum Gasteiger partial charge on any atom is 0.233 e. The molecule has 0 spiro atoms. The number of hydrogen-bond acceptors (Lipinski definition) is 4. The Morgan fingerprint density at radius 1 is 1.10 bits per heavy atom. The first-order valence-corrected chi connectivity index (χ1v) is 10.6. The highest BCUT2D eigenvalue weighted by molar-refractivity contribution is 5.88. The zero-order chi connectivity index (χ0) is 22.0. The molecule has 0 unspecified atom stereocenters. The Labute approximate surface area is 182 Å². The summed E-state index contributed by atoms with van der Waals surface area (Å²) in [5.74, 6) is 0.863. The van der Waals surface area contributed by atoms with Crippen molar-refractivity contribution in [1.29, 1.82) is 0 Å². The lowest BCUT2D eigenvalue weighted by Crippen LogP contribution is -2.43. The van der Waals surface area contributed by atoms with E-state index >= 15 is 0 Å². The number of carbonyl (C=O) groups excluding carboxylic acids is 1. The molecule has 1 atom stereocenters. The zero-order valence-electron chi connectivity index (χ0n) is 18.1. The van der Waals surface area contributed by atoms with Crippen molar-refractivity contribution in [2.24, 2.45) is 0 Å². The van der Waals surface area contributed by atoms with Gasteiger partial charge in [-0.1, -0.05) is 35.9 Å². The van der Waals surface area contributed by atoms with E-state index in [9.17, 15) is 9.18 Å². The molecular formula is C25H27FN4O. The third kappa shape index (κ3) is 4.43. The third-order valence-electron chi connectivity index (χ3n) is 5.92. The Balaban J connectivity index is 1.56. The van der Waals surface area contributed by atoms with Gasteiger partial charge in [-0.15, -0.1) is 0 Å². The summed E-state index contributed by atoms with van der Waals surface area (Å²) in [5.41, 5.74) is 2.41. The van der Waals surface area contributed by atoms with Crippen molar-refractivity contribution < 1.29 is 9.18 Å². The molecule has 1 saturated heterocycles. The molecule has 3 aromatic rings. The number of rotatable bonds is 5. The molecular weight excluding hydrogens is 391 g/mol. The van der Waals surface area contributed by atoms with Gasteiger partial charge in [-0.3, -0.25) is 4.79 Å². The molecule has 6 heteroatoms. The van der Waals surface area contributed by atoms with E-state index in [4.69, 9.17) is 4.98 Å². The summed E-state index contributed by atoms with van der Waals surface area (Å²) < 4.78 is 13.1. The second-order valence-corrected chi connectivity index (χ2v) is 8.58. The van der Waals surface area contributed by atoms with Gasteiger partial charge in [0.25, 0.3) is 0 Å². The van der Waals surface area contributed by atoms with Crippen LogP contribution in [0, 0.1) is 12.7 Å². The average molecular weight is 419 g/mol. The lowest BCUT2D eigenvalue weighted by molar-refractivity contribution is -0.137. The average Bonchev–Trinajstić information content (AvgIpc) is 3.25. The molecule has 2 aromatic heterocycles. The number of halogens is 1. The molecule has 5 nitrogen and oxygen atoms in total. The molecule has 160 valence electrons. The van der Waals surface area contributed by atoms with Crippen LogP contribution in [0.15, 0.2) is 60.8 Å². The van der Waals surface area contributed by atoms with Crippen LogP contribution >= 0.6 is 0 Å². The van der Waals surface area contributed by atoms with Crippen LogP contribution in [0.2, 0.25) is 0 Å². The number of aromatic nitrogens is 2. The first kappa shape index (κ1) is 21.0. The summed E-state index contributed by atoms with van der Waals surface area (Å²) in [5, 5.41) is 3.11. The molecule has 1 fully saturated rings. The van der Waals surface area contributed by atoms with Crippen LogP contribution in [0.5, 0.6) is 0 Å². The minimum atomic E-state index is -0.621. The zero-order valence-corrected chi connectivity index (χ0v) is 18.1. The van der Waals surface area contributed by atoms with Crippen LogP contribution in [0.1, 0.15) is 49.6 Å². The highest BCUT2D eigenvalue weighted by Gasteiger charge is 2.39. The molecule has 3 heterocycles. The topological polar surface area (TPSA) is 58.1 Å². The van der Waals surface area contributed by atoms with Crippen LogP contribution in [-0.4, -0.2) is 27.3 Å². The second-order valence-electron chi connectivity index (χ2n) is 8.58. The maximum atomic E-state index is 13.6. The predicted octanol–water partition coefficient (Wildman–Crippen LogP) is 5.31. The van der Waals surface area contributed by atoms with E-state index in [1.54, 1.807) is 6.07 Å². The summed E-state index contributed by atoms with van der Waals surface area (Å²) in [6, 6.07) is 16.7. The van der Waals surface area contributed by atoms with Gasteiger partial charge >= 0.3 is 0 Å². The van der Waals surface area contributed by atoms with Crippen molar-refractivity contribution in [2.75, 3.05) is 11.9 Å². The molecule has 1 N–H and O–H groups in total. The fraction of sp³-hybridized carbons (Fsp3) is 0.320. The standard InChI is InChI=1S/C25H27FN4O/c1-17-9-11-18(12-10-17)25(2,3)24(31)30-15-5-7-21(30)20-6-4-8-23(28-20)29-22-14-13-19(26)16-27-22/h4,6,8-14,16,21H,5,7,15H2,1-3H3,(H,27,28,29)/t21-/m0/s1. The number of hydrogen-bond donors (Lipinski definition) is 1. The smallest absolute Gasteiger partial charge is 0.233 e. The van der Waals surface area contributed by atoms with E-state index in [1.807, 2.05) is 68.1 Å². The summed E-state index contributed by atoms with van der Waals surface area (Å²) in [7, 11) is 0. The molecule has 1 aromatic carbocycles. The van der Waals surface area contributed by atoms with Gasteiger partial charge in [0.15, 0.2) is 0 Å². The summed E-state index contributed by atoms with van der Waals surface area (Å²) >= 11 is 0. The molecule has 0 radical (unpaired) electrons. The van der Waals surface area contributed by atoms with Crippen molar-refractivity contribution in [3.8, 4) is 0 Å².